The average Bonchev–Trinajstić information content (AvgIpc) is 1.77. The summed E-state index contributed by atoms with van der Waals surface area (Å²) in [6, 6.07) is 0. The lowest BCUT2D eigenvalue weighted by Crippen LogP contribution is -2.07. The van der Waals surface area contributed by atoms with Gasteiger partial charge in [0, 0.05) is 17.7 Å². The van der Waals surface area contributed by atoms with Crippen LogP contribution >= 0.6 is 15.9 Å². The van der Waals surface area contributed by atoms with Crippen LogP contribution in [0.3, 0.4) is 0 Å². The first-order chi connectivity index (χ1) is 3.79. The topological polar surface area (TPSA) is 17.1 Å². The fraction of sp³-hybridized carbons (Fsp3) is 0.667. The van der Waals surface area contributed by atoms with E-state index in [1.54, 1.807) is 0 Å². The summed E-state index contributed by atoms with van der Waals surface area (Å²) in [6.45, 7) is 0. The molecule has 0 saturated heterocycles. The van der Waals surface area contributed by atoms with E-state index in [2.05, 4.69) is 15.9 Å². The summed E-state index contributed by atoms with van der Waals surface area (Å²) in [6.07, 6.45) is 3.42. The lowest BCUT2D eigenvalue weighted by Gasteiger charge is -2.12. The van der Waals surface area contributed by atoms with E-state index in [0.717, 1.165) is 25.7 Å². The number of carbonyl (C=O) groups excluding carboxylic acids is 1. The minimum Gasteiger partial charge on any atom is -0.300 e. The Hall–Kier alpha value is 0.150. The monoisotopic (exact) mass is 175 g/mol. The number of carbonyl (C=O) groups is 1. The fourth-order valence-electron chi connectivity index (χ4n) is 0.800. The zero-order chi connectivity index (χ0) is 5.98. The van der Waals surface area contributed by atoms with E-state index in [-0.39, 0.29) is 0 Å². The van der Waals surface area contributed by atoms with Gasteiger partial charge in [0.25, 0.3) is 0 Å². The highest BCUT2D eigenvalue weighted by Gasteiger charge is 2.15. The van der Waals surface area contributed by atoms with Crippen molar-refractivity contribution in [3.05, 3.63) is 4.83 Å². The molecule has 0 N–H and O–H groups in total. The van der Waals surface area contributed by atoms with Crippen molar-refractivity contribution in [2.45, 2.75) is 25.7 Å². The van der Waals surface area contributed by atoms with Crippen LogP contribution < -0.4 is 0 Å². The van der Waals surface area contributed by atoms with Gasteiger partial charge in [-0.25, -0.2) is 0 Å². The Bertz CT molecular complexity index is 90.7. The van der Waals surface area contributed by atoms with Crippen molar-refractivity contribution in [3.8, 4) is 0 Å². The second-order valence-electron chi connectivity index (χ2n) is 2.06. The standard InChI is InChI=1S/C6H8BrO/c7-5-1-3-6(8)4-2-5/h1-4H2. The minimum absolute atomic E-state index is 0.410. The second-order valence-corrected chi connectivity index (χ2v) is 3.18. The summed E-state index contributed by atoms with van der Waals surface area (Å²) in [7, 11) is 0. The molecule has 2 heteroatoms. The summed E-state index contributed by atoms with van der Waals surface area (Å²) < 4.78 is 0. The van der Waals surface area contributed by atoms with Crippen molar-refractivity contribution in [2.75, 3.05) is 0 Å². The molecule has 0 bridgehead atoms. The van der Waals surface area contributed by atoms with Crippen LogP contribution in [0.15, 0.2) is 0 Å². The third-order valence-electron chi connectivity index (χ3n) is 1.35. The fourth-order valence-corrected chi connectivity index (χ4v) is 1.20. The van der Waals surface area contributed by atoms with Crippen LogP contribution in [0.2, 0.25) is 0 Å². The van der Waals surface area contributed by atoms with Gasteiger partial charge >= 0.3 is 0 Å². The summed E-state index contributed by atoms with van der Waals surface area (Å²) in [5.41, 5.74) is 0. The summed E-state index contributed by atoms with van der Waals surface area (Å²) >= 11 is 3.38. The van der Waals surface area contributed by atoms with Crippen molar-refractivity contribution in [1.82, 2.24) is 0 Å². The molecular weight excluding hydrogens is 168 g/mol. The molecule has 1 rings (SSSR count). The number of ketones is 1. The molecule has 0 unspecified atom stereocenters. The van der Waals surface area contributed by atoms with Gasteiger partial charge in [-0.1, -0.05) is 15.9 Å². The van der Waals surface area contributed by atoms with E-state index in [4.69, 9.17) is 0 Å². The van der Waals surface area contributed by atoms with Crippen LogP contribution in [-0.2, 0) is 4.79 Å². The second kappa shape index (κ2) is 2.62. The highest BCUT2D eigenvalue weighted by molar-refractivity contribution is 9.11. The largest absolute Gasteiger partial charge is 0.300 e. The Morgan fingerprint density at radius 3 is 2.00 bits per heavy atom. The molecule has 1 aliphatic carbocycles. The first kappa shape index (κ1) is 6.27. The Kier molecular flexibility index (Phi) is 2.06. The maximum absolute atomic E-state index is 10.6. The molecule has 1 aliphatic rings. The number of Topliss-reactive ketones (excluding diaryl/α,β-unsaturated/α-hetero) is 1. The first-order valence-electron chi connectivity index (χ1n) is 2.81. The van der Waals surface area contributed by atoms with Gasteiger partial charge in [-0.15, -0.1) is 0 Å². The van der Waals surface area contributed by atoms with Crippen LogP contribution in [0.4, 0.5) is 0 Å². The highest BCUT2D eigenvalue weighted by atomic mass is 79.9. The molecule has 8 heavy (non-hydrogen) atoms. The zero-order valence-corrected chi connectivity index (χ0v) is 6.20. The molecule has 0 spiro atoms. The van der Waals surface area contributed by atoms with Crippen LogP contribution in [0.5, 0.6) is 0 Å². The number of halogens is 1. The Balaban J connectivity index is 2.29. The molecule has 0 aromatic carbocycles. The Morgan fingerprint density at radius 1 is 1.12 bits per heavy atom. The van der Waals surface area contributed by atoms with Crippen molar-refractivity contribution in [1.29, 1.82) is 0 Å². The Labute approximate surface area is 57.6 Å². The van der Waals surface area contributed by atoms with E-state index in [0.29, 0.717) is 5.78 Å². The predicted octanol–water partition coefficient (Wildman–Crippen LogP) is 2.06. The van der Waals surface area contributed by atoms with Crippen LogP contribution in [0.25, 0.3) is 0 Å². The number of rotatable bonds is 0. The average molecular weight is 176 g/mol. The Morgan fingerprint density at radius 2 is 1.62 bits per heavy atom. The van der Waals surface area contributed by atoms with Gasteiger partial charge in [0.2, 0.25) is 0 Å². The van der Waals surface area contributed by atoms with Gasteiger partial charge in [-0.05, 0) is 12.8 Å². The third-order valence-corrected chi connectivity index (χ3v) is 2.14. The third kappa shape index (κ3) is 1.58. The van der Waals surface area contributed by atoms with E-state index in [9.17, 15) is 4.79 Å². The van der Waals surface area contributed by atoms with Crippen molar-refractivity contribution in [3.63, 3.8) is 0 Å². The van der Waals surface area contributed by atoms with E-state index < -0.39 is 0 Å². The lowest BCUT2D eigenvalue weighted by atomic mass is 10.00. The van der Waals surface area contributed by atoms with Crippen LogP contribution in [0.1, 0.15) is 25.7 Å². The van der Waals surface area contributed by atoms with Crippen molar-refractivity contribution < 1.29 is 4.79 Å². The quantitative estimate of drug-likeness (QED) is 0.552. The van der Waals surface area contributed by atoms with Gasteiger partial charge in [0.1, 0.15) is 5.78 Å². The summed E-state index contributed by atoms with van der Waals surface area (Å²) in [5, 5.41) is 0. The molecule has 0 heterocycles. The SMILES string of the molecule is O=C1CC[C](Br)CC1. The minimum atomic E-state index is 0.410. The highest BCUT2D eigenvalue weighted by Crippen LogP contribution is 2.28. The predicted molar refractivity (Wildman–Crippen MR) is 35.6 cm³/mol. The molecule has 0 aromatic rings. The van der Waals surface area contributed by atoms with Gasteiger partial charge in [0.05, 0.1) is 0 Å². The molecular formula is C6H8BrO. The van der Waals surface area contributed by atoms with Gasteiger partial charge in [0.15, 0.2) is 0 Å². The molecule has 1 nitrogen and oxygen atoms in total. The van der Waals surface area contributed by atoms with Crippen molar-refractivity contribution >= 4 is 21.7 Å². The van der Waals surface area contributed by atoms with Crippen molar-refractivity contribution in [2.24, 2.45) is 0 Å². The molecule has 0 aliphatic heterocycles. The van der Waals surface area contributed by atoms with Gasteiger partial charge < -0.3 is 0 Å². The van der Waals surface area contributed by atoms with Gasteiger partial charge in [-0.3, -0.25) is 4.79 Å². The van der Waals surface area contributed by atoms with Crippen LogP contribution in [0, 0.1) is 4.83 Å². The molecule has 1 radical (unpaired) electrons. The molecule has 1 saturated carbocycles. The lowest BCUT2D eigenvalue weighted by molar-refractivity contribution is -0.119. The maximum Gasteiger partial charge on any atom is 0.133 e. The van der Waals surface area contributed by atoms with E-state index in [1.807, 2.05) is 0 Å². The molecule has 0 atom stereocenters. The maximum atomic E-state index is 10.6. The number of hydrogen-bond acceptors (Lipinski definition) is 1. The van der Waals surface area contributed by atoms with Gasteiger partial charge in [-0.2, -0.15) is 0 Å². The summed E-state index contributed by atoms with van der Waals surface area (Å²) in [5.74, 6) is 0.410. The molecule has 0 aromatic heterocycles. The molecule has 1 fully saturated rings. The van der Waals surface area contributed by atoms with Crippen LogP contribution in [-0.4, -0.2) is 5.78 Å². The smallest absolute Gasteiger partial charge is 0.133 e. The summed E-state index contributed by atoms with van der Waals surface area (Å²) in [4.78, 5) is 11.9. The zero-order valence-electron chi connectivity index (χ0n) is 4.61. The van der Waals surface area contributed by atoms with E-state index >= 15 is 0 Å². The molecule has 0 amide bonds. The van der Waals surface area contributed by atoms with E-state index in [1.165, 1.54) is 4.83 Å². The normalized spacial score (nSPS) is 23.9. The molecule has 45 valence electrons. The number of hydrogen-bond donors (Lipinski definition) is 0. The first-order valence-corrected chi connectivity index (χ1v) is 3.60.